The molecule has 0 aromatic carbocycles. The van der Waals surface area contributed by atoms with E-state index in [1.807, 2.05) is 12.1 Å². The van der Waals surface area contributed by atoms with Gasteiger partial charge < -0.3 is 14.5 Å². The fourth-order valence-corrected chi connectivity index (χ4v) is 2.38. The lowest BCUT2D eigenvalue weighted by Crippen LogP contribution is -2.34. The second-order valence-corrected chi connectivity index (χ2v) is 4.62. The topological polar surface area (TPSA) is 51.5 Å². The first-order valence-corrected chi connectivity index (χ1v) is 5.47. The van der Waals surface area contributed by atoms with Crippen LogP contribution in [-0.4, -0.2) is 26.2 Å². The Balaban J connectivity index is 2.13. The molecule has 2 atom stereocenters. The van der Waals surface area contributed by atoms with Gasteiger partial charge in [-0.3, -0.25) is 4.79 Å². The Bertz CT molecular complexity index is 360. The van der Waals surface area contributed by atoms with Crippen molar-refractivity contribution in [1.82, 2.24) is 5.32 Å². The molecule has 16 heavy (non-hydrogen) atoms. The maximum Gasteiger partial charge on any atom is 0.310 e. The molecule has 1 N–H and O–H groups in total. The van der Waals surface area contributed by atoms with Gasteiger partial charge in [-0.1, -0.05) is 6.92 Å². The first-order valence-electron chi connectivity index (χ1n) is 5.47. The Morgan fingerprint density at radius 3 is 3.19 bits per heavy atom. The zero-order valence-corrected chi connectivity index (χ0v) is 9.66. The Hall–Kier alpha value is -1.29. The van der Waals surface area contributed by atoms with Crippen molar-refractivity contribution in [3.05, 3.63) is 24.2 Å². The zero-order chi connectivity index (χ0) is 11.6. The van der Waals surface area contributed by atoms with Gasteiger partial charge in [-0.2, -0.15) is 0 Å². The van der Waals surface area contributed by atoms with E-state index in [0.717, 1.165) is 18.7 Å². The van der Waals surface area contributed by atoms with E-state index < -0.39 is 0 Å². The number of esters is 1. The normalized spacial score (nSPS) is 29.2. The van der Waals surface area contributed by atoms with Crippen molar-refractivity contribution in [3.8, 4) is 0 Å². The lowest BCUT2D eigenvalue weighted by Gasteiger charge is -2.27. The molecule has 0 spiro atoms. The number of rotatable bonds is 3. The molecule has 88 valence electrons. The Morgan fingerprint density at radius 1 is 1.75 bits per heavy atom. The van der Waals surface area contributed by atoms with Crippen molar-refractivity contribution in [1.29, 1.82) is 0 Å². The molecule has 1 aromatic heterocycles. The van der Waals surface area contributed by atoms with Crippen LogP contribution in [-0.2, 0) is 16.0 Å². The molecule has 1 aromatic rings. The molecule has 1 aliphatic heterocycles. The van der Waals surface area contributed by atoms with Crippen LogP contribution in [0.15, 0.2) is 22.8 Å². The summed E-state index contributed by atoms with van der Waals surface area (Å²) in [6.45, 7) is 3.59. The summed E-state index contributed by atoms with van der Waals surface area (Å²) in [6.07, 6.45) is 2.42. The quantitative estimate of drug-likeness (QED) is 0.783. The highest BCUT2D eigenvalue weighted by molar-refractivity contribution is 5.74. The maximum absolute atomic E-state index is 11.7. The SMILES string of the molecule is COC(=O)C1CNCC1(C)Cc1ccco1. The third kappa shape index (κ3) is 1.97. The summed E-state index contributed by atoms with van der Waals surface area (Å²) in [6, 6.07) is 3.81. The molecule has 4 heteroatoms. The van der Waals surface area contributed by atoms with Crippen LogP contribution in [0.25, 0.3) is 0 Å². The van der Waals surface area contributed by atoms with Gasteiger partial charge in [0.05, 0.1) is 19.3 Å². The summed E-state index contributed by atoms with van der Waals surface area (Å²) in [7, 11) is 1.44. The van der Waals surface area contributed by atoms with Crippen molar-refractivity contribution in [2.75, 3.05) is 20.2 Å². The van der Waals surface area contributed by atoms with E-state index in [1.54, 1.807) is 6.26 Å². The highest BCUT2D eigenvalue weighted by Gasteiger charge is 2.44. The molecule has 2 rings (SSSR count). The summed E-state index contributed by atoms with van der Waals surface area (Å²) < 4.78 is 10.2. The van der Waals surface area contributed by atoms with E-state index in [4.69, 9.17) is 9.15 Å². The molecule has 0 bridgehead atoms. The van der Waals surface area contributed by atoms with Gasteiger partial charge in [0.15, 0.2) is 0 Å². The van der Waals surface area contributed by atoms with Crippen LogP contribution < -0.4 is 5.32 Å². The standard InChI is InChI=1S/C12H17NO3/c1-12(6-9-4-3-5-16-9)8-13-7-10(12)11(14)15-2/h3-5,10,13H,6-8H2,1-2H3. The predicted octanol–water partition coefficient (Wildman–Crippen LogP) is 1.22. The molecule has 0 radical (unpaired) electrons. The molecule has 0 saturated carbocycles. The van der Waals surface area contributed by atoms with E-state index in [2.05, 4.69) is 12.2 Å². The molecule has 0 amide bonds. The minimum atomic E-state index is -0.140. The average Bonchev–Trinajstić information content (AvgIpc) is 2.87. The zero-order valence-electron chi connectivity index (χ0n) is 9.66. The summed E-state index contributed by atoms with van der Waals surface area (Å²) >= 11 is 0. The second-order valence-electron chi connectivity index (χ2n) is 4.62. The van der Waals surface area contributed by atoms with Crippen LogP contribution in [0.4, 0.5) is 0 Å². The van der Waals surface area contributed by atoms with E-state index in [1.165, 1.54) is 7.11 Å². The lowest BCUT2D eigenvalue weighted by atomic mass is 9.76. The highest BCUT2D eigenvalue weighted by Crippen LogP contribution is 2.35. The summed E-state index contributed by atoms with van der Waals surface area (Å²) in [5.74, 6) is 0.682. The van der Waals surface area contributed by atoms with Crippen LogP contribution >= 0.6 is 0 Å². The highest BCUT2D eigenvalue weighted by atomic mass is 16.5. The molecular formula is C12H17NO3. The lowest BCUT2D eigenvalue weighted by molar-refractivity contribution is -0.148. The number of furan rings is 1. The first-order chi connectivity index (χ1) is 7.65. The van der Waals surface area contributed by atoms with Gasteiger partial charge in [0, 0.05) is 24.9 Å². The smallest absolute Gasteiger partial charge is 0.310 e. The molecule has 0 aliphatic carbocycles. The Labute approximate surface area is 95.0 Å². The monoisotopic (exact) mass is 223 g/mol. The summed E-state index contributed by atoms with van der Waals surface area (Å²) in [4.78, 5) is 11.7. The number of hydrogen-bond acceptors (Lipinski definition) is 4. The fourth-order valence-electron chi connectivity index (χ4n) is 2.38. The van der Waals surface area contributed by atoms with Gasteiger partial charge in [-0.25, -0.2) is 0 Å². The van der Waals surface area contributed by atoms with Gasteiger partial charge in [0.25, 0.3) is 0 Å². The molecular weight excluding hydrogens is 206 g/mol. The first kappa shape index (κ1) is 11.2. The molecule has 1 aliphatic rings. The third-order valence-electron chi connectivity index (χ3n) is 3.36. The minimum Gasteiger partial charge on any atom is -0.469 e. The molecule has 4 nitrogen and oxygen atoms in total. The average molecular weight is 223 g/mol. The molecule has 1 fully saturated rings. The number of nitrogens with one attached hydrogen (secondary N) is 1. The van der Waals surface area contributed by atoms with Gasteiger partial charge in [-0.15, -0.1) is 0 Å². The maximum atomic E-state index is 11.7. The van der Waals surface area contributed by atoms with E-state index >= 15 is 0 Å². The van der Waals surface area contributed by atoms with Crippen molar-refractivity contribution < 1.29 is 13.9 Å². The molecule has 2 unspecified atom stereocenters. The largest absolute Gasteiger partial charge is 0.469 e. The van der Waals surface area contributed by atoms with Gasteiger partial charge in [0.1, 0.15) is 5.76 Å². The number of carbonyl (C=O) groups is 1. The summed E-state index contributed by atoms with van der Waals surface area (Å²) in [5.41, 5.74) is -0.120. The van der Waals surface area contributed by atoms with Crippen LogP contribution in [0.3, 0.4) is 0 Å². The van der Waals surface area contributed by atoms with Crippen LogP contribution in [0.5, 0.6) is 0 Å². The van der Waals surface area contributed by atoms with Gasteiger partial charge in [0.2, 0.25) is 0 Å². The van der Waals surface area contributed by atoms with Gasteiger partial charge in [-0.05, 0) is 12.1 Å². The van der Waals surface area contributed by atoms with E-state index in [-0.39, 0.29) is 17.3 Å². The van der Waals surface area contributed by atoms with E-state index in [0.29, 0.717) is 6.54 Å². The number of hydrogen-bond donors (Lipinski definition) is 1. The Morgan fingerprint density at radius 2 is 2.56 bits per heavy atom. The third-order valence-corrected chi connectivity index (χ3v) is 3.36. The second kappa shape index (κ2) is 4.29. The number of ether oxygens (including phenoxy) is 1. The predicted molar refractivity (Wildman–Crippen MR) is 58.9 cm³/mol. The number of carbonyl (C=O) groups excluding carboxylic acids is 1. The van der Waals surface area contributed by atoms with E-state index in [9.17, 15) is 4.79 Å². The van der Waals surface area contributed by atoms with Crippen LogP contribution in [0.1, 0.15) is 12.7 Å². The minimum absolute atomic E-state index is 0.0948. The summed E-state index contributed by atoms with van der Waals surface area (Å²) in [5, 5.41) is 3.25. The van der Waals surface area contributed by atoms with Crippen LogP contribution in [0.2, 0.25) is 0 Å². The number of methoxy groups -OCH3 is 1. The van der Waals surface area contributed by atoms with Crippen molar-refractivity contribution in [2.24, 2.45) is 11.3 Å². The Kier molecular flexibility index (Phi) is 3.01. The molecule has 1 saturated heterocycles. The molecule has 2 heterocycles. The fraction of sp³-hybridized carbons (Fsp3) is 0.583. The van der Waals surface area contributed by atoms with Gasteiger partial charge >= 0.3 is 5.97 Å². The van der Waals surface area contributed by atoms with Crippen molar-refractivity contribution in [2.45, 2.75) is 13.3 Å². The van der Waals surface area contributed by atoms with Crippen LogP contribution in [0, 0.1) is 11.3 Å². The van der Waals surface area contributed by atoms with Crippen molar-refractivity contribution in [3.63, 3.8) is 0 Å². The van der Waals surface area contributed by atoms with Crippen molar-refractivity contribution >= 4 is 5.97 Å².